The first kappa shape index (κ1) is 23.4. The van der Waals surface area contributed by atoms with E-state index in [-0.39, 0.29) is 29.6 Å². The monoisotopic (exact) mass is 447 g/mol. The van der Waals surface area contributed by atoms with Gasteiger partial charge in [-0.1, -0.05) is 35.9 Å². The van der Waals surface area contributed by atoms with Crippen molar-refractivity contribution in [2.24, 2.45) is 0 Å². The third-order valence-corrected chi connectivity index (χ3v) is 7.17. The van der Waals surface area contributed by atoms with Crippen LogP contribution in [0.25, 0.3) is 0 Å². The number of nitrogens with zero attached hydrogens (tertiary/aromatic N) is 2. The summed E-state index contributed by atoms with van der Waals surface area (Å²) in [7, 11) is -3.65. The SMILES string of the molecule is Cc1ccc(S(=O)(=O)NCCC(=O)N2CCCN(Cc3ccccc3F)CC2)c(C)c1. The molecule has 3 rings (SSSR count). The van der Waals surface area contributed by atoms with Crippen molar-refractivity contribution < 1.29 is 17.6 Å². The maximum absolute atomic E-state index is 13.9. The Morgan fingerprint density at radius 1 is 1.06 bits per heavy atom. The summed E-state index contributed by atoms with van der Waals surface area (Å²) in [6.07, 6.45) is 0.909. The molecule has 0 saturated carbocycles. The van der Waals surface area contributed by atoms with Gasteiger partial charge in [0.1, 0.15) is 5.82 Å². The highest BCUT2D eigenvalue weighted by Gasteiger charge is 2.21. The smallest absolute Gasteiger partial charge is 0.240 e. The molecule has 2 aromatic carbocycles. The molecule has 2 aromatic rings. The largest absolute Gasteiger partial charge is 0.341 e. The minimum Gasteiger partial charge on any atom is -0.341 e. The second-order valence-electron chi connectivity index (χ2n) is 8.02. The van der Waals surface area contributed by atoms with Gasteiger partial charge in [0, 0.05) is 51.3 Å². The second-order valence-corrected chi connectivity index (χ2v) is 9.75. The first-order valence-electron chi connectivity index (χ1n) is 10.6. The predicted octanol–water partition coefficient (Wildman–Crippen LogP) is 2.85. The van der Waals surface area contributed by atoms with Gasteiger partial charge < -0.3 is 4.90 Å². The Balaban J connectivity index is 1.49. The predicted molar refractivity (Wildman–Crippen MR) is 119 cm³/mol. The standard InChI is InChI=1S/C23H30FN3O3S/c1-18-8-9-22(19(2)16-18)31(29,30)25-11-10-23(28)27-13-5-12-26(14-15-27)17-20-6-3-4-7-21(20)24/h3-4,6-9,16,25H,5,10-15,17H2,1-2H3. The molecular formula is C23H30FN3O3S. The number of nitrogens with one attached hydrogen (secondary N) is 1. The summed E-state index contributed by atoms with van der Waals surface area (Å²) < 4.78 is 41.5. The molecule has 1 saturated heterocycles. The lowest BCUT2D eigenvalue weighted by atomic mass is 10.2. The van der Waals surface area contributed by atoms with Crippen molar-refractivity contribution in [3.8, 4) is 0 Å². The van der Waals surface area contributed by atoms with Gasteiger partial charge in [-0.05, 0) is 38.0 Å². The lowest BCUT2D eigenvalue weighted by Gasteiger charge is -2.22. The zero-order chi connectivity index (χ0) is 22.4. The number of hydrogen-bond acceptors (Lipinski definition) is 4. The number of sulfonamides is 1. The molecule has 1 aliphatic heterocycles. The highest BCUT2D eigenvalue weighted by atomic mass is 32.2. The van der Waals surface area contributed by atoms with Gasteiger partial charge in [0.15, 0.2) is 0 Å². The van der Waals surface area contributed by atoms with Gasteiger partial charge in [-0.25, -0.2) is 17.5 Å². The summed E-state index contributed by atoms with van der Waals surface area (Å²) in [5, 5.41) is 0. The molecule has 0 unspecified atom stereocenters. The van der Waals surface area contributed by atoms with Crippen LogP contribution < -0.4 is 4.72 Å². The van der Waals surface area contributed by atoms with Crippen LogP contribution in [0.15, 0.2) is 47.4 Å². The summed E-state index contributed by atoms with van der Waals surface area (Å²) in [4.78, 5) is 16.8. The fourth-order valence-electron chi connectivity index (χ4n) is 3.87. The van der Waals surface area contributed by atoms with Gasteiger partial charge in [-0.2, -0.15) is 0 Å². The first-order valence-corrected chi connectivity index (χ1v) is 12.0. The quantitative estimate of drug-likeness (QED) is 0.709. The Morgan fingerprint density at radius 2 is 1.84 bits per heavy atom. The van der Waals surface area contributed by atoms with Crippen molar-refractivity contribution in [1.29, 1.82) is 0 Å². The zero-order valence-electron chi connectivity index (χ0n) is 18.1. The Labute approximate surface area is 184 Å². The van der Waals surface area contributed by atoms with E-state index in [2.05, 4.69) is 9.62 Å². The van der Waals surface area contributed by atoms with E-state index in [1.165, 1.54) is 6.07 Å². The molecule has 0 atom stereocenters. The van der Waals surface area contributed by atoms with E-state index in [1.54, 1.807) is 36.1 Å². The zero-order valence-corrected chi connectivity index (χ0v) is 18.9. The fraction of sp³-hybridized carbons (Fsp3) is 0.435. The van der Waals surface area contributed by atoms with Crippen LogP contribution in [0.3, 0.4) is 0 Å². The molecule has 1 heterocycles. The normalized spacial score (nSPS) is 15.6. The van der Waals surface area contributed by atoms with Crippen LogP contribution in [-0.4, -0.2) is 56.8 Å². The summed E-state index contributed by atoms with van der Waals surface area (Å²) in [5.74, 6) is -0.285. The Hall–Kier alpha value is -2.29. The first-order chi connectivity index (χ1) is 14.8. The summed E-state index contributed by atoms with van der Waals surface area (Å²) in [6, 6.07) is 11.9. The number of carbonyl (C=O) groups excluding carboxylic acids is 1. The molecule has 0 radical (unpaired) electrons. The van der Waals surface area contributed by atoms with E-state index in [9.17, 15) is 17.6 Å². The van der Waals surface area contributed by atoms with Crippen molar-refractivity contribution in [3.05, 3.63) is 65.0 Å². The number of carbonyl (C=O) groups is 1. The Kier molecular flexibility index (Phi) is 7.80. The number of halogens is 1. The summed E-state index contributed by atoms with van der Waals surface area (Å²) in [6.45, 7) is 6.87. The van der Waals surface area contributed by atoms with Gasteiger partial charge in [0.25, 0.3) is 0 Å². The molecule has 1 N–H and O–H groups in total. The van der Waals surface area contributed by atoms with Crippen LogP contribution in [0.5, 0.6) is 0 Å². The van der Waals surface area contributed by atoms with E-state index in [1.807, 2.05) is 19.1 Å². The van der Waals surface area contributed by atoms with Gasteiger partial charge in [-0.15, -0.1) is 0 Å². The minimum atomic E-state index is -3.65. The van der Waals surface area contributed by atoms with Crippen LogP contribution in [0.1, 0.15) is 29.5 Å². The van der Waals surface area contributed by atoms with Crippen LogP contribution in [0.2, 0.25) is 0 Å². The van der Waals surface area contributed by atoms with Crippen LogP contribution >= 0.6 is 0 Å². The molecule has 31 heavy (non-hydrogen) atoms. The number of amides is 1. The number of rotatable bonds is 7. The summed E-state index contributed by atoms with van der Waals surface area (Å²) in [5.41, 5.74) is 2.33. The Morgan fingerprint density at radius 3 is 2.58 bits per heavy atom. The molecule has 0 aromatic heterocycles. The van der Waals surface area contributed by atoms with E-state index in [0.717, 1.165) is 18.5 Å². The van der Waals surface area contributed by atoms with Crippen molar-refractivity contribution in [1.82, 2.24) is 14.5 Å². The highest BCUT2D eigenvalue weighted by Crippen LogP contribution is 2.16. The highest BCUT2D eigenvalue weighted by molar-refractivity contribution is 7.89. The lowest BCUT2D eigenvalue weighted by molar-refractivity contribution is -0.130. The molecule has 6 nitrogen and oxygen atoms in total. The van der Waals surface area contributed by atoms with Crippen LogP contribution in [0, 0.1) is 19.7 Å². The van der Waals surface area contributed by atoms with Crippen molar-refractivity contribution in [2.75, 3.05) is 32.7 Å². The lowest BCUT2D eigenvalue weighted by Crippen LogP contribution is -2.37. The number of benzene rings is 2. The molecule has 1 aliphatic rings. The van der Waals surface area contributed by atoms with Crippen LogP contribution in [0.4, 0.5) is 4.39 Å². The van der Waals surface area contributed by atoms with E-state index in [4.69, 9.17) is 0 Å². The molecule has 0 aliphatic carbocycles. The average molecular weight is 448 g/mol. The molecule has 168 valence electrons. The average Bonchev–Trinajstić information content (AvgIpc) is 2.95. The third kappa shape index (κ3) is 6.35. The van der Waals surface area contributed by atoms with Gasteiger partial charge in [0.2, 0.25) is 15.9 Å². The van der Waals surface area contributed by atoms with Crippen molar-refractivity contribution >= 4 is 15.9 Å². The van der Waals surface area contributed by atoms with Gasteiger partial charge in [0.05, 0.1) is 4.90 Å². The maximum Gasteiger partial charge on any atom is 0.240 e. The third-order valence-electron chi connectivity index (χ3n) is 5.54. The molecule has 0 spiro atoms. The minimum absolute atomic E-state index is 0.0594. The molecule has 0 bridgehead atoms. The molecule has 8 heteroatoms. The van der Waals surface area contributed by atoms with Crippen molar-refractivity contribution in [3.63, 3.8) is 0 Å². The summed E-state index contributed by atoms with van der Waals surface area (Å²) >= 11 is 0. The fourth-order valence-corrected chi connectivity index (χ4v) is 5.13. The molecular weight excluding hydrogens is 417 g/mol. The van der Waals surface area contributed by atoms with Crippen LogP contribution in [-0.2, 0) is 21.4 Å². The number of hydrogen-bond donors (Lipinski definition) is 1. The topological polar surface area (TPSA) is 69.7 Å². The van der Waals surface area contributed by atoms with E-state index < -0.39 is 10.0 Å². The second kappa shape index (κ2) is 10.3. The van der Waals surface area contributed by atoms with E-state index in [0.29, 0.717) is 37.3 Å². The molecule has 1 fully saturated rings. The van der Waals surface area contributed by atoms with Crippen molar-refractivity contribution in [2.45, 2.75) is 38.1 Å². The maximum atomic E-state index is 13.9. The Bertz CT molecular complexity index is 1030. The number of aryl methyl sites for hydroxylation is 2. The molecule has 1 amide bonds. The van der Waals surface area contributed by atoms with Gasteiger partial charge in [-0.3, -0.25) is 9.69 Å². The van der Waals surface area contributed by atoms with E-state index >= 15 is 0 Å². The van der Waals surface area contributed by atoms with Gasteiger partial charge >= 0.3 is 0 Å².